The van der Waals surface area contributed by atoms with Gasteiger partial charge in [-0.15, -0.1) is 0 Å². The minimum Gasteiger partial charge on any atom is -0.316 e. The molecule has 4 nitrogen and oxygen atoms in total. The monoisotopic (exact) mass is 386 g/mol. The van der Waals surface area contributed by atoms with Crippen molar-refractivity contribution in [2.45, 2.75) is 85.3 Å². The Hall–Kier alpha value is -0.130. The average Bonchev–Trinajstić information content (AvgIpc) is 3.14. The van der Waals surface area contributed by atoms with Gasteiger partial charge in [0.2, 0.25) is 10.0 Å². The molecule has 0 amide bonds. The van der Waals surface area contributed by atoms with Crippen molar-refractivity contribution in [2.24, 2.45) is 22.7 Å². The van der Waals surface area contributed by atoms with Crippen LogP contribution in [0.1, 0.15) is 80.1 Å². The summed E-state index contributed by atoms with van der Waals surface area (Å²) in [5.41, 5.74) is 0.495. The van der Waals surface area contributed by atoms with E-state index >= 15 is 0 Å². The summed E-state index contributed by atoms with van der Waals surface area (Å²) in [6.45, 7) is 17.0. The van der Waals surface area contributed by atoms with Crippen molar-refractivity contribution in [3.63, 3.8) is 0 Å². The van der Waals surface area contributed by atoms with Gasteiger partial charge >= 0.3 is 0 Å². The number of nitrogens with one attached hydrogen (secondary N) is 1. The fourth-order valence-corrected chi connectivity index (χ4v) is 6.53. The SMILES string of the molecule is CC(CCC(C)(C)C[C@H]1CCNC1)S(=O)(=O)N1CCC(CC(C)(C)C)C1. The molecule has 0 aromatic rings. The predicted octanol–water partition coefficient (Wildman–Crippen LogP) is 4.27. The van der Waals surface area contributed by atoms with E-state index in [-0.39, 0.29) is 16.1 Å². The third-order valence-electron chi connectivity index (χ3n) is 6.25. The quantitative estimate of drug-likeness (QED) is 0.678. The molecule has 2 aliphatic heterocycles. The Morgan fingerprint density at radius 3 is 2.35 bits per heavy atom. The van der Waals surface area contributed by atoms with Crippen LogP contribution in [0.25, 0.3) is 0 Å². The van der Waals surface area contributed by atoms with Crippen LogP contribution in [0.3, 0.4) is 0 Å². The smallest absolute Gasteiger partial charge is 0.216 e. The topological polar surface area (TPSA) is 49.4 Å². The second kappa shape index (κ2) is 8.48. The second-order valence-corrected chi connectivity index (χ2v) is 13.2. The van der Waals surface area contributed by atoms with E-state index in [0.29, 0.717) is 12.5 Å². The van der Waals surface area contributed by atoms with Crippen molar-refractivity contribution in [1.29, 1.82) is 0 Å². The molecule has 0 aromatic heterocycles. The highest BCUT2D eigenvalue weighted by molar-refractivity contribution is 7.89. The van der Waals surface area contributed by atoms with Gasteiger partial charge in [0.15, 0.2) is 0 Å². The molecule has 0 aliphatic carbocycles. The number of nitrogens with zero attached hydrogens (tertiary/aromatic N) is 1. The lowest BCUT2D eigenvalue weighted by molar-refractivity contribution is 0.249. The van der Waals surface area contributed by atoms with E-state index in [2.05, 4.69) is 39.9 Å². The highest BCUT2D eigenvalue weighted by Crippen LogP contribution is 2.36. The summed E-state index contributed by atoms with van der Waals surface area (Å²) >= 11 is 0. The normalized spacial score (nSPS) is 27.2. The van der Waals surface area contributed by atoms with Gasteiger partial charge < -0.3 is 5.32 Å². The Morgan fingerprint density at radius 1 is 1.08 bits per heavy atom. The van der Waals surface area contributed by atoms with Crippen LogP contribution in [-0.4, -0.2) is 44.2 Å². The minimum atomic E-state index is -3.16. The van der Waals surface area contributed by atoms with E-state index in [1.165, 1.54) is 12.8 Å². The molecule has 2 unspecified atom stereocenters. The van der Waals surface area contributed by atoms with E-state index in [4.69, 9.17) is 0 Å². The standard InChI is InChI=1S/C21H42N2O2S/c1-17(7-10-21(5,6)14-18-8-11-22-15-18)26(24,25)23-12-9-19(16-23)13-20(2,3)4/h17-19,22H,7-16H2,1-6H3/t17?,18-,19?/m1/s1. The summed E-state index contributed by atoms with van der Waals surface area (Å²) in [6.07, 6.45) is 6.35. The van der Waals surface area contributed by atoms with Crippen molar-refractivity contribution in [2.75, 3.05) is 26.2 Å². The maximum atomic E-state index is 13.0. The Bertz CT molecular complexity index is 545. The van der Waals surface area contributed by atoms with Crippen LogP contribution in [0.5, 0.6) is 0 Å². The van der Waals surface area contributed by atoms with Crippen molar-refractivity contribution in [1.82, 2.24) is 9.62 Å². The third-order valence-corrected chi connectivity index (χ3v) is 8.55. The van der Waals surface area contributed by atoms with Gasteiger partial charge in [-0.3, -0.25) is 0 Å². The lowest BCUT2D eigenvalue weighted by Gasteiger charge is -2.30. The van der Waals surface area contributed by atoms with Crippen LogP contribution in [0, 0.1) is 22.7 Å². The Labute approximate surface area is 162 Å². The van der Waals surface area contributed by atoms with Gasteiger partial charge in [-0.05, 0) is 81.2 Å². The zero-order valence-corrected chi connectivity index (χ0v) is 18.8. The van der Waals surface area contributed by atoms with Gasteiger partial charge in [-0.1, -0.05) is 34.6 Å². The van der Waals surface area contributed by atoms with E-state index in [1.54, 1.807) is 4.31 Å². The summed E-state index contributed by atoms with van der Waals surface area (Å²) in [4.78, 5) is 0. The van der Waals surface area contributed by atoms with E-state index in [1.807, 2.05) is 6.92 Å². The zero-order chi connectivity index (χ0) is 19.6. The Kier molecular flexibility index (Phi) is 7.23. The minimum absolute atomic E-state index is 0.222. The summed E-state index contributed by atoms with van der Waals surface area (Å²) < 4.78 is 27.8. The molecule has 0 bridgehead atoms. The molecule has 0 spiro atoms. The molecule has 1 N–H and O–H groups in total. The number of hydrogen-bond donors (Lipinski definition) is 1. The number of hydrogen-bond acceptors (Lipinski definition) is 3. The predicted molar refractivity (Wildman–Crippen MR) is 111 cm³/mol. The number of sulfonamides is 1. The molecule has 2 fully saturated rings. The van der Waals surface area contributed by atoms with Crippen molar-refractivity contribution in [3.05, 3.63) is 0 Å². The van der Waals surface area contributed by atoms with Gasteiger partial charge in [-0.2, -0.15) is 0 Å². The lowest BCUT2D eigenvalue weighted by atomic mass is 9.78. The van der Waals surface area contributed by atoms with Crippen molar-refractivity contribution < 1.29 is 8.42 Å². The van der Waals surface area contributed by atoms with Crippen molar-refractivity contribution >= 4 is 10.0 Å². The first-order valence-electron chi connectivity index (χ1n) is 10.6. The molecule has 0 saturated carbocycles. The van der Waals surface area contributed by atoms with Crippen LogP contribution >= 0.6 is 0 Å². The summed E-state index contributed by atoms with van der Waals surface area (Å²) in [5, 5.41) is 3.17. The molecule has 26 heavy (non-hydrogen) atoms. The van der Waals surface area contributed by atoms with Gasteiger partial charge in [0.05, 0.1) is 5.25 Å². The lowest BCUT2D eigenvalue weighted by Crippen LogP contribution is -2.36. The Morgan fingerprint density at radius 2 is 1.77 bits per heavy atom. The van der Waals surface area contributed by atoms with Gasteiger partial charge in [-0.25, -0.2) is 12.7 Å². The fourth-order valence-electron chi connectivity index (χ4n) is 4.83. The average molecular weight is 387 g/mol. The molecule has 2 rings (SSSR count). The van der Waals surface area contributed by atoms with Crippen LogP contribution < -0.4 is 5.32 Å². The first kappa shape index (κ1) is 22.2. The maximum absolute atomic E-state index is 13.0. The summed E-state index contributed by atoms with van der Waals surface area (Å²) in [7, 11) is -3.16. The zero-order valence-electron chi connectivity index (χ0n) is 18.0. The Balaban J connectivity index is 1.84. The second-order valence-electron chi connectivity index (χ2n) is 10.9. The van der Waals surface area contributed by atoms with Gasteiger partial charge in [0.25, 0.3) is 0 Å². The molecule has 3 atom stereocenters. The molecule has 2 aliphatic rings. The largest absolute Gasteiger partial charge is 0.316 e. The molecule has 2 heterocycles. The first-order valence-corrected chi connectivity index (χ1v) is 12.1. The van der Waals surface area contributed by atoms with Gasteiger partial charge in [0.1, 0.15) is 0 Å². The first-order chi connectivity index (χ1) is 11.9. The van der Waals surface area contributed by atoms with Crippen LogP contribution in [0.4, 0.5) is 0 Å². The van der Waals surface area contributed by atoms with Crippen LogP contribution in [-0.2, 0) is 10.0 Å². The number of rotatable bonds is 8. The molecular weight excluding hydrogens is 344 g/mol. The van der Waals surface area contributed by atoms with E-state index < -0.39 is 10.0 Å². The highest BCUT2D eigenvalue weighted by Gasteiger charge is 2.37. The molecule has 0 aromatic carbocycles. The maximum Gasteiger partial charge on any atom is 0.216 e. The summed E-state index contributed by atoms with van der Waals surface area (Å²) in [5.74, 6) is 1.27. The molecule has 0 radical (unpaired) electrons. The molecule has 2 saturated heterocycles. The van der Waals surface area contributed by atoms with Crippen LogP contribution in [0.2, 0.25) is 0 Å². The molecule has 154 valence electrons. The van der Waals surface area contributed by atoms with E-state index in [0.717, 1.165) is 51.2 Å². The van der Waals surface area contributed by atoms with E-state index in [9.17, 15) is 8.42 Å². The molecular formula is C21H42N2O2S. The molecule has 5 heteroatoms. The highest BCUT2D eigenvalue weighted by atomic mass is 32.2. The van der Waals surface area contributed by atoms with Crippen LogP contribution in [0.15, 0.2) is 0 Å². The third kappa shape index (κ3) is 6.49. The van der Waals surface area contributed by atoms with Crippen molar-refractivity contribution in [3.8, 4) is 0 Å². The van der Waals surface area contributed by atoms with Gasteiger partial charge in [0, 0.05) is 13.1 Å². The summed E-state index contributed by atoms with van der Waals surface area (Å²) in [6, 6.07) is 0. The fraction of sp³-hybridized carbons (Fsp3) is 1.00.